The second-order valence-corrected chi connectivity index (χ2v) is 5.68. The highest BCUT2D eigenvalue weighted by Gasteiger charge is 2.18. The average Bonchev–Trinajstić information content (AvgIpc) is 2.56. The highest BCUT2D eigenvalue weighted by molar-refractivity contribution is 7.99. The predicted octanol–water partition coefficient (Wildman–Crippen LogP) is 3.32. The number of nitrogens with one attached hydrogen (secondary N) is 1. The zero-order chi connectivity index (χ0) is 14.9. The smallest absolute Gasteiger partial charge is 0.237 e. The molecule has 112 valence electrons. The van der Waals surface area contributed by atoms with E-state index in [1.54, 1.807) is 19.5 Å². The Kier molecular flexibility index (Phi) is 6.50. The van der Waals surface area contributed by atoms with E-state index in [-0.39, 0.29) is 6.04 Å². The Bertz CT molecular complexity index is 536. The number of ether oxygens (including phenoxy) is 1. The first kappa shape index (κ1) is 15.8. The third-order valence-electron chi connectivity index (χ3n) is 3.02. The van der Waals surface area contributed by atoms with E-state index in [9.17, 15) is 0 Å². The maximum absolute atomic E-state index is 5.34. The molecule has 0 aliphatic heterocycles. The molecular formula is C16H21N3OS. The van der Waals surface area contributed by atoms with Gasteiger partial charge in [-0.2, -0.15) is 0 Å². The van der Waals surface area contributed by atoms with Crippen LogP contribution in [-0.4, -0.2) is 29.4 Å². The molecular weight excluding hydrogens is 282 g/mol. The number of thioether (sulfide) groups is 1. The standard InChI is InChI=1S/C16H21N3OS/c1-3-9-17-14(12-21-13-7-5-4-6-8-13)15-16(20-2)19-11-10-18-15/h4-8,10-11,14,17H,3,9,12H2,1-2H3. The number of hydrogen-bond acceptors (Lipinski definition) is 5. The van der Waals surface area contributed by atoms with Crippen molar-refractivity contribution in [1.29, 1.82) is 0 Å². The van der Waals surface area contributed by atoms with Crippen LogP contribution in [0, 0.1) is 0 Å². The first-order chi connectivity index (χ1) is 10.3. The Hall–Kier alpha value is -1.59. The van der Waals surface area contributed by atoms with Gasteiger partial charge in [0, 0.05) is 23.0 Å². The Morgan fingerprint density at radius 1 is 1.19 bits per heavy atom. The summed E-state index contributed by atoms with van der Waals surface area (Å²) in [7, 11) is 1.63. The van der Waals surface area contributed by atoms with Gasteiger partial charge in [0.15, 0.2) is 0 Å². The molecule has 2 aromatic rings. The van der Waals surface area contributed by atoms with Gasteiger partial charge in [0.1, 0.15) is 5.69 Å². The first-order valence-corrected chi connectivity index (χ1v) is 8.09. The van der Waals surface area contributed by atoms with Crippen LogP contribution in [0.4, 0.5) is 0 Å². The summed E-state index contributed by atoms with van der Waals surface area (Å²) in [6.07, 6.45) is 4.45. The van der Waals surface area contributed by atoms with Crippen molar-refractivity contribution in [3.05, 3.63) is 48.4 Å². The fraction of sp³-hybridized carbons (Fsp3) is 0.375. The molecule has 0 saturated heterocycles. The summed E-state index contributed by atoms with van der Waals surface area (Å²) >= 11 is 1.81. The molecule has 1 aromatic heterocycles. The first-order valence-electron chi connectivity index (χ1n) is 7.11. The van der Waals surface area contributed by atoms with Crippen LogP contribution in [0.3, 0.4) is 0 Å². The molecule has 0 amide bonds. The summed E-state index contributed by atoms with van der Waals surface area (Å²) in [5.74, 6) is 1.48. The Morgan fingerprint density at radius 3 is 2.67 bits per heavy atom. The second-order valence-electron chi connectivity index (χ2n) is 4.58. The van der Waals surface area contributed by atoms with E-state index >= 15 is 0 Å². The van der Waals surface area contributed by atoms with E-state index in [0.717, 1.165) is 24.4 Å². The molecule has 21 heavy (non-hydrogen) atoms. The molecule has 0 fully saturated rings. The monoisotopic (exact) mass is 303 g/mol. The number of methoxy groups -OCH3 is 1. The summed E-state index contributed by atoms with van der Waals surface area (Å²) in [4.78, 5) is 9.95. The van der Waals surface area contributed by atoms with E-state index in [2.05, 4.69) is 46.5 Å². The van der Waals surface area contributed by atoms with Crippen LogP contribution in [0.1, 0.15) is 25.1 Å². The van der Waals surface area contributed by atoms with Crippen molar-refractivity contribution < 1.29 is 4.74 Å². The summed E-state index contributed by atoms with van der Waals surface area (Å²) in [6.45, 7) is 3.10. The van der Waals surface area contributed by atoms with Gasteiger partial charge in [-0.3, -0.25) is 4.98 Å². The molecule has 4 nitrogen and oxygen atoms in total. The molecule has 5 heteroatoms. The normalized spacial score (nSPS) is 12.1. The second kappa shape index (κ2) is 8.64. The predicted molar refractivity (Wildman–Crippen MR) is 86.8 cm³/mol. The molecule has 1 aromatic carbocycles. The van der Waals surface area contributed by atoms with Crippen molar-refractivity contribution in [1.82, 2.24) is 15.3 Å². The molecule has 0 saturated carbocycles. The fourth-order valence-corrected chi connectivity index (χ4v) is 2.97. The number of aromatic nitrogens is 2. The lowest BCUT2D eigenvalue weighted by Gasteiger charge is -2.19. The van der Waals surface area contributed by atoms with Gasteiger partial charge < -0.3 is 10.1 Å². The Balaban J connectivity index is 2.10. The lowest BCUT2D eigenvalue weighted by molar-refractivity contribution is 0.380. The fourth-order valence-electron chi connectivity index (χ4n) is 1.98. The van der Waals surface area contributed by atoms with E-state index in [1.165, 1.54) is 4.90 Å². The molecule has 0 radical (unpaired) electrons. The lowest BCUT2D eigenvalue weighted by Crippen LogP contribution is -2.25. The number of nitrogens with zero attached hydrogens (tertiary/aromatic N) is 2. The topological polar surface area (TPSA) is 47.0 Å². The van der Waals surface area contributed by atoms with Gasteiger partial charge in [0.05, 0.1) is 13.2 Å². The van der Waals surface area contributed by atoms with Crippen LogP contribution >= 0.6 is 11.8 Å². The highest BCUT2D eigenvalue weighted by Crippen LogP contribution is 2.27. The third-order valence-corrected chi connectivity index (χ3v) is 4.12. The van der Waals surface area contributed by atoms with E-state index < -0.39 is 0 Å². The van der Waals surface area contributed by atoms with Crippen LogP contribution in [0.15, 0.2) is 47.6 Å². The van der Waals surface area contributed by atoms with E-state index in [1.807, 2.05) is 17.8 Å². The maximum atomic E-state index is 5.34. The van der Waals surface area contributed by atoms with Gasteiger partial charge in [-0.15, -0.1) is 11.8 Å². The lowest BCUT2D eigenvalue weighted by atomic mass is 10.2. The summed E-state index contributed by atoms with van der Waals surface area (Å²) in [6, 6.07) is 10.5. The SMILES string of the molecule is CCCNC(CSc1ccccc1)c1nccnc1OC. The maximum Gasteiger partial charge on any atom is 0.237 e. The van der Waals surface area contributed by atoms with Gasteiger partial charge >= 0.3 is 0 Å². The van der Waals surface area contributed by atoms with Crippen molar-refractivity contribution in [3.8, 4) is 5.88 Å². The third kappa shape index (κ3) is 4.72. The summed E-state index contributed by atoms with van der Waals surface area (Å²) < 4.78 is 5.34. The van der Waals surface area contributed by atoms with Gasteiger partial charge in [0.2, 0.25) is 5.88 Å². The van der Waals surface area contributed by atoms with Gasteiger partial charge in [0.25, 0.3) is 0 Å². The van der Waals surface area contributed by atoms with Crippen LogP contribution < -0.4 is 10.1 Å². The molecule has 0 spiro atoms. The van der Waals surface area contributed by atoms with Crippen molar-refractivity contribution in [2.75, 3.05) is 19.4 Å². The number of benzene rings is 1. The molecule has 2 rings (SSSR count). The minimum Gasteiger partial charge on any atom is -0.480 e. The Labute approximate surface area is 130 Å². The zero-order valence-electron chi connectivity index (χ0n) is 12.5. The van der Waals surface area contributed by atoms with Crippen molar-refractivity contribution in [3.63, 3.8) is 0 Å². The quantitative estimate of drug-likeness (QED) is 0.758. The minimum absolute atomic E-state index is 0.124. The van der Waals surface area contributed by atoms with Gasteiger partial charge in [-0.05, 0) is 25.1 Å². The number of rotatable bonds is 8. The van der Waals surface area contributed by atoms with Gasteiger partial charge in [-0.25, -0.2) is 4.98 Å². The van der Waals surface area contributed by atoms with Crippen LogP contribution in [0.5, 0.6) is 5.88 Å². The molecule has 1 unspecified atom stereocenters. The van der Waals surface area contributed by atoms with Crippen molar-refractivity contribution >= 4 is 11.8 Å². The van der Waals surface area contributed by atoms with Crippen LogP contribution in [0.25, 0.3) is 0 Å². The van der Waals surface area contributed by atoms with E-state index in [4.69, 9.17) is 4.74 Å². The highest BCUT2D eigenvalue weighted by atomic mass is 32.2. The van der Waals surface area contributed by atoms with Crippen LogP contribution in [0.2, 0.25) is 0 Å². The zero-order valence-corrected chi connectivity index (χ0v) is 13.3. The Morgan fingerprint density at radius 2 is 1.95 bits per heavy atom. The minimum atomic E-state index is 0.124. The molecule has 0 bridgehead atoms. The molecule has 0 aliphatic rings. The number of hydrogen-bond donors (Lipinski definition) is 1. The van der Waals surface area contributed by atoms with Gasteiger partial charge in [-0.1, -0.05) is 25.1 Å². The molecule has 0 aliphatic carbocycles. The molecule has 1 atom stereocenters. The summed E-state index contributed by atoms with van der Waals surface area (Å²) in [5, 5.41) is 3.53. The van der Waals surface area contributed by atoms with Crippen LogP contribution in [-0.2, 0) is 0 Å². The molecule has 1 heterocycles. The molecule has 1 N–H and O–H groups in total. The van der Waals surface area contributed by atoms with Crippen molar-refractivity contribution in [2.45, 2.75) is 24.3 Å². The average molecular weight is 303 g/mol. The van der Waals surface area contributed by atoms with E-state index in [0.29, 0.717) is 5.88 Å². The largest absolute Gasteiger partial charge is 0.480 e. The summed E-state index contributed by atoms with van der Waals surface area (Å²) in [5.41, 5.74) is 0.872. The van der Waals surface area contributed by atoms with Crippen molar-refractivity contribution in [2.24, 2.45) is 0 Å².